The standard InChI is InChI=1S/C13H20N2O2/c1-2-13-15-11(8-17-13)12(16)7-9-3-5-10(14)6-4-9/h8-10H,2-7,14H2,1H3. The number of aryl methyl sites for hydroxylation is 1. The minimum Gasteiger partial charge on any atom is -0.448 e. The number of rotatable bonds is 4. The Hall–Kier alpha value is -1.16. The molecule has 0 amide bonds. The maximum atomic E-state index is 12.0. The molecule has 0 unspecified atom stereocenters. The molecule has 1 saturated carbocycles. The van der Waals surface area contributed by atoms with E-state index in [9.17, 15) is 4.79 Å². The molecule has 0 spiro atoms. The van der Waals surface area contributed by atoms with Crippen molar-refractivity contribution in [3.8, 4) is 0 Å². The Morgan fingerprint density at radius 1 is 1.47 bits per heavy atom. The number of carbonyl (C=O) groups excluding carboxylic acids is 1. The molecule has 0 saturated heterocycles. The summed E-state index contributed by atoms with van der Waals surface area (Å²) in [5, 5.41) is 0. The normalized spacial score (nSPS) is 24.8. The molecule has 4 nitrogen and oxygen atoms in total. The fourth-order valence-electron chi connectivity index (χ4n) is 2.36. The van der Waals surface area contributed by atoms with Gasteiger partial charge in [0.2, 0.25) is 0 Å². The third-order valence-electron chi connectivity index (χ3n) is 3.51. The van der Waals surface area contributed by atoms with Crippen LogP contribution >= 0.6 is 0 Å². The lowest BCUT2D eigenvalue weighted by molar-refractivity contribution is 0.0943. The molecule has 0 aliphatic heterocycles. The molecule has 17 heavy (non-hydrogen) atoms. The van der Waals surface area contributed by atoms with Crippen LogP contribution in [-0.2, 0) is 6.42 Å². The Morgan fingerprint density at radius 3 is 2.76 bits per heavy atom. The third kappa shape index (κ3) is 3.16. The van der Waals surface area contributed by atoms with E-state index in [0.717, 1.165) is 32.1 Å². The molecule has 1 aromatic rings. The van der Waals surface area contributed by atoms with E-state index < -0.39 is 0 Å². The van der Waals surface area contributed by atoms with Gasteiger partial charge < -0.3 is 10.2 Å². The van der Waals surface area contributed by atoms with E-state index in [-0.39, 0.29) is 5.78 Å². The third-order valence-corrected chi connectivity index (χ3v) is 3.51. The Labute approximate surface area is 102 Å². The highest BCUT2D eigenvalue weighted by Gasteiger charge is 2.22. The number of carbonyl (C=O) groups is 1. The quantitative estimate of drug-likeness (QED) is 0.814. The molecule has 1 aliphatic carbocycles. The summed E-state index contributed by atoms with van der Waals surface area (Å²) in [5.74, 6) is 1.22. The summed E-state index contributed by atoms with van der Waals surface area (Å²) >= 11 is 0. The summed E-state index contributed by atoms with van der Waals surface area (Å²) in [6, 6.07) is 0.333. The predicted molar refractivity (Wildman–Crippen MR) is 64.8 cm³/mol. The van der Waals surface area contributed by atoms with Crippen LogP contribution in [-0.4, -0.2) is 16.8 Å². The first kappa shape index (κ1) is 12.3. The zero-order chi connectivity index (χ0) is 12.3. The first-order valence-electron chi connectivity index (χ1n) is 6.42. The van der Waals surface area contributed by atoms with Gasteiger partial charge in [-0.15, -0.1) is 0 Å². The van der Waals surface area contributed by atoms with E-state index in [1.165, 1.54) is 6.26 Å². The van der Waals surface area contributed by atoms with Gasteiger partial charge in [-0.1, -0.05) is 6.92 Å². The van der Waals surface area contributed by atoms with Crippen molar-refractivity contribution in [1.29, 1.82) is 0 Å². The lowest BCUT2D eigenvalue weighted by Gasteiger charge is -2.25. The van der Waals surface area contributed by atoms with Crippen LogP contribution in [0.4, 0.5) is 0 Å². The molecule has 94 valence electrons. The summed E-state index contributed by atoms with van der Waals surface area (Å²) in [7, 11) is 0. The maximum absolute atomic E-state index is 12.0. The van der Waals surface area contributed by atoms with Crippen LogP contribution in [0.3, 0.4) is 0 Å². The van der Waals surface area contributed by atoms with Gasteiger partial charge in [0.25, 0.3) is 0 Å². The minimum absolute atomic E-state index is 0.105. The van der Waals surface area contributed by atoms with Crippen LogP contribution < -0.4 is 5.73 Å². The van der Waals surface area contributed by atoms with Crippen LogP contribution in [0, 0.1) is 5.92 Å². The second-order valence-corrected chi connectivity index (χ2v) is 4.89. The van der Waals surface area contributed by atoms with Crippen molar-refractivity contribution in [2.45, 2.75) is 51.5 Å². The summed E-state index contributed by atoms with van der Waals surface area (Å²) in [5.41, 5.74) is 6.33. The molecule has 0 aromatic carbocycles. The number of hydrogen-bond acceptors (Lipinski definition) is 4. The summed E-state index contributed by atoms with van der Waals surface area (Å²) in [6.07, 6.45) is 6.99. The molecule has 1 heterocycles. The van der Waals surface area contributed by atoms with Crippen molar-refractivity contribution in [3.63, 3.8) is 0 Å². The summed E-state index contributed by atoms with van der Waals surface area (Å²) in [6.45, 7) is 1.96. The van der Waals surface area contributed by atoms with Gasteiger partial charge in [-0.05, 0) is 31.6 Å². The molecule has 0 atom stereocenters. The predicted octanol–water partition coefficient (Wildman–Crippen LogP) is 2.33. The monoisotopic (exact) mass is 236 g/mol. The lowest BCUT2D eigenvalue weighted by atomic mass is 9.83. The van der Waals surface area contributed by atoms with Gasteiger partial charge in [0.15, 0.2) is 11.7 Å². The highest BCUT2D eigenvalue weighted by Crippen LogP contribution is 2.27. The topological polar surface area (TPSA) is 69.1 Å². The van der Waals surface area contributed by atoms with Crippen molar-refractivity contribution >= 4 is 5.78 Å². The van der Waals surface area contributed by atoms with Crippen LogP contribution in [0.2, 0.25) is 0 Å². The van der Waals surface area contributed by atoms with E-state index in [1.807, 2.05) is 6.92 Å². The molecule has 0 radical (unpaired) electrons. The summed E-state index contributed by atoms with van der Waals surface area (Å²) < 4.78 is 5.19. The molecule has 1 fully saturated rings. The number of oxazole rings is 1. The average Bonchev–Trinajstić information content (AvgIpc) is 2.81. The second-order valence-electron chi connectivity index (χ2n) is 4.89. The Morgan fingerprint density at radius 2 is 2.18 bits per heavy atom. The van der Waals surface area contributed by atoms with Crippen LogP contribution in [0.5, 0.6) is 0 Å². The van der Waals surface area contributed by atoms with E-state index in [2.05, 4.69) is 4.98 Å². The van der Waals surface area contributed by atoms with Crippen molar-refractivity contribution in [3.05, 3.63) is 17.8 Å². The number of ketones is 1. The van der Waals surface area contributed by atoms with Gasteiger partial charge in [-0.2, -0.15) is 0 Å². The van der Waals surface area contributed by atoms with E-state index in [0.29, 0.717) is 30.0 Å². The zero-order valence-electron chi connectivity index (χ0n) is 10.3. The van der Waals surface area contributed by atoms with Crippen molar-refractivity contribution < 1.29 is 9.21 Å². The Kier molecular flexibility index (Phi) is 3.94. The Balaban J connectivity index is 1.88. The largest absolute Gasteiger partial charge is 0.448 e. The molecule has 0 bridgehead atoms. The lowest BCUT2D eigenvalue weighted by Crippen LogP contribution is -2.27. The molecular weight excluding hydrogens is 216 g/mol. The van der Waals surface area contributed by atoms with Gasteiger partial charge in [0.1, 0.15) is 12.0 Å². The van der Waals surface area contributed by atoms with Crippen LogP contribution in [0.1, 0.15) is 55.4 Å². The van der Waals surface area contributed by atoms with Crippen LogP contribution in [0.25, 0.3) is 0 Å². The van der Waals surface area contributed by atoms with Gasteiger partial charge >= 0.3 is 0 Å². The van der Waals surface area contributed by atoms with Crippen molar-refractivity contribution in [2.24, 2.45) is 11.7 Å². The molecule has 2 rings (SSSR count). The SMILES string of the molecule is CCc1nc(C(=O)CC2CCC(N)CC2)co1. The first-order valence-corrected chi connectivity index (χ1v) is 6.42. The smallest absolute Gasteiger partial charge is 0.194 e. The number of hydrogen-bond donors (Lipinski definition) is 1. The first-order chi connectivity index (χ1) is 8.19. The average molecular weight is 236 g/mol. The highest BCUT2D eigenvalue weighted by atomic mass is 16.3. The van der Waals surface area contributed by atoms with Gasteiger partial charge in [-0.3, -0.25) is 4.79 Å². The van der Waals surface area contributed by atoms with Gasteiger partial charge in [0.05, 0.1) is 0 Å². The fraction of sp³-hybridized carbons (Fsp3) is 0.692. The molecular formula is C13H20N2O2. The van der Waals surface area contributed by atoms with Gasteiger partial charge in [-0.25, -0.2) is 4.98 Å². The van der Waals surface area contributed by atoms with E-state index in [4.69, 9.17) is 10.2 Å². The zero-order valence-corrected chi connectivity index (χ0v) is 10.3. The molecule has 4 heteroatoms. The fourth-order valence-corrected chi connectivity index (χ4v) is 2.36. The molecule has 2 N–H and O–H groups in total. The molecule has 1 aliphatic rings. The van der Waals surface area contributed by atoms with E-state index in [1.54, 1.807) is 0 Å². The second kappa shape index (κ2) is 5.45. The molecule has 1 aromatic heterocycles. The highest BCUT2D eigenvalue weighted by molar-refractivity contribution is 5.94. The number of nitrogens with zero attached hydrogens (tertiary/aromatic N) is 1. The maximum Gasteiger partial charge on any atom is 0.194 e. The minimum atomic E-state index is 0.105. The number of Topliss-reactive ketones (excluding diaryl/α,β-unsaturated/α-hetero) is 1. The summed E-state index contributed by atoms with van der Waals surface area (Å²) in [4.78, 5) is 16.1. The number of nitrogens with two attached hydrogens (primary N) is 1. The number of aromatic nitrogens is 1. The van der Waals surface area contributed by atoms with E-state index >= 15 is 0 Å². The van der Waals surface area contributed by atoms with Crippen molar-refractivity contribution in [2.75, 3.05) is 0 Å². The Bertz CT molecular complexity index is 379. The van der Waals surface area contributed by atoms with Gasteiger partial charge in [0, 0.05) is 18.9 Å². The van der Waals surface area contributed by atoms with Crippen molar-refractivity contribution in [1.82, 2.24) is 4.98 Å². The van der Waals surface area contributed by atoms with Crippen LogP contribution in [0.15, 0.2) is 10.7 Å².